The van der Waals surface area contributed by atoms with Gasteiger partial charge in [-0.2, -0.15) is 0 Å². The van der Waals surface area contributed by atoms with Crippen molar-refractivity contribution >= 4 is 11.8 Å². The zero-order valence-electron chi connectivity index (χ0n) is 20.1. The van der Waals surface area contributed by atoms with E-state index in [1.807, 2.05) is 49.4 Å². The second-order valence-electron chi connectivity index (χ2n) is 8.08. The van der Waals surface area contributed by atoms with Gasteiger partial charge in [0.15, 0.2) is 5.82 Å². The largest absolute Gasteiger partial charge is 0.497 e. The minimum Gasteiger partial charge on any atom is -0.497 e. The summed E-state index contributed by atoms with van der Waals surface area (Å²) in [6.07, 6.45) is 0.0569. The van der Waals surface area contributed by atoms with Gasteiger partial charge in [0, 0.05) is 43.7 Å². The number of methoxy groups -OCH3 is 3. The standard InChI is InChI=1S/C26H29N3O6/c1-16-24(33-4)22(32-3)15-23(34-16)35-26(30)28-19-9-5-17(6-10-19)21-13-14-27-25(29-21)18-7-11-20(31-2)12-8-18/h5-14,16,22-24H,15H2,1-4H3,(H,28,30)/t16-,22?,23?,24?/m0/s1. The van der Waals surface area contributed by atoms with Crippen LogP contribution in [-0.2, 0) is 18.9 Å². The van der Waals surface area contributed by atoms with Crippen LogP contribution in [0.3, 0.4) is 0 Å². The molecule has 1 aliphatic rings. The summed E-state index contributed by atoms with van der Waals surface area (Å²) < 4.78 is 27.3. The van der Waals surface area contributed by atoms with Gasteiger partial charge >= 0.3 is 6.09 Å². The quantitative estimate of drug-likeness (QED) is 0.527. The fourth-order valence-electron chi connectivity index (χ4n) is 4.04. The number of ether oxygens (including phenoxy) is 5. The van der Waals surface area contributed by atoms with Crippen LogP contribution in [0, 0.1) is 0 Å². The maximum Gasteiger partial charge on any atom is 0.413 e. The summed E-state index contributed by atoms with van der Waals surface area (Å²) in [7, 11) is 4.84. The molecule has 35 heavy (non-hydrogen) atoms. The lowest BCUT2D eigenvalue weighted by atomic mass is 10.0. The molecular weight excluding hydrogens is 450 g/mol. The van der Waals surface area contributed by atoms with Gasteiger partial charge in [0.2, 0.25) is 6.29 Å². The maximum atomic E-state index is 12.4. The van der Waals surface area contributed by atoms with E-state index in [1.54, 1.807) is 39.7 Å². The number of nitrogens with zero attached hydrogens (tertiary/aromatic N) is 2. The Morgan fingerprint density at radius 2 is 1.69 bits per heavy atom. The Balaban J connectivity index is 1.38. The molecule has 0 saturated carbocycles. The first-order valence-corrected chi connectivity index (χ1v) is 11.3. The fourth-order valence-corrected chi connectivity index (χ4v) is 4.04. The third-order valence-electron chi connectivity index (χ3n) is 5.86. The molecule has 4 rings (SSSR count). The van der Waals surface area contributed by atoms with Gasteiger partial charge in [0.1, 0.15) is 11.9 Å². The van der Waals surface area contributed by atoms with Crippen LogP contribution >= 0.6 is 0 Å². The second kappa shape index (κ2) is 11.3. The van der Waals surface area contributed by atoms with Gasteiger partial charge in [-0.1, -0.05) is 12.1 Å². The first kappa shape index (κ1) is 24.6. The molecule has 0 radical (unpaired) electrons. The molecule has 9 nitrogen and oxygen atoms in total. The molecule has 1 saturated heterocycles. The summed E-state index contributed by atoms with van der Waals surface area (Å²) in [6.45, 7) is 1.86. The van der Waals surface area contributed by atoms with Crippen LogP contribution < -0.4 is 10.1 Å². The van der Waals surface area contributed by atoms with E-state index in [9.17, 15) is 4.79 Å². The van der Waals surface area contributed by atoms with Crippen molar-refractivity contribution in [3.8, 4) is 28.4 Å². The molecule has 1 fully saturated rings. The van der Waals surface area contributed by atoms with Gasteiger partial charge < -0.3 is 23.7 Å². The molecule has 2 aromatic carbocycles. The Morgan fingerprint density at radius 1 is 0.971 bits per heavy atom. The molecule has 184 valence electrons. The molecule has 4 atom stereocenters. The van der Waals surface area contributed by atoms with Gasteiger partial charge in [0.05, 0.1) is 25.0 Å². The van der Waals surface area contributed by atoms with Crippen molar-refractivity contribution in [2.45, 2.75) is 37.9 Å². The van der Waals surface area contributed by atoms with Gasteiger partial charge in [-0.3, -0.25) is 5.32 Å². The average Bonchev–Trinajstić information content (AvgIpc) is 2.89. The summed E-state index contributed by atoms with van der Waals surface area (Å²) in [6, 6.07) is 16.7. The molecule has 2 heterocycles. The molecule has 3 aromatic rings. The van der Waals surface area contributed by atoms with Crippen LogP contribution in [0.25, 0.3) is 22.6 Å². The highest BCUT2D eigenvalue weighted by atomic mass is 16.7. The Bertz CT molecular complexity index is 1120. The summed E-state index contributed by atoms with van der Waals surface area (Å²) in [5.74, 6) is 1.39. The molecule has 3 unspecified atom stereocenters. The number of hydrogen-bond acceptors (Lipinski definition) is 8. The molecule has 1 amide bonds. The van der Waals surface area contributed by atoms with Crippen LogP contribution in [0.15, 0.2) is 60.8 Å². The van der Waals surface area contributed by atoms with E-state index in [1.165, 1.54) is 0 Å². The maximum absolute atomic E-state index is 12.4. The summed E-state index contributed by atoms with van der Waals surface area (Å²) in [4.78, 5) is 21.5. The van der Waals surface area contributed by atoms with E-state index in [4.69, 9.17) is 23.7 Å². The SMILES string of the molecule is COc1ccc(-c2nccc(-c3ccc(NC(=O)OC4CC(OC)C(OC)[C@H](C)O4)cc3)n2)cc1. The predicted octanol–water partition coefficient (Wildman–Crippen LogP) is 4.53. The molecule has 1 N–H and O–H groups in total. The molecule has 1 aromatic heterocycles. The van der Waals surface area contributed by atoms with Gasteiger partial charge in [-0.25, -0.2) is 14.8 Å². The van der Waals surface area contributed by atoms with Crippen molar-refractivity contribution in [2.75, 3.05) is 26.6 Å². The number of anilines is 1. The minimum absolute atomic E-state index is 0.220. The molecule has 0 aliphatic carbocycles. The monoisotopic (exact) mass is 479 g/mol. The molecule has 0 bridgehead atoms. The third kappa shape index (κ3) is 5.94. The predicted molar refractivity (Wildman–Crippen MR) is 130 cm³/mol. The molecule has 0 spiro atoms. The van der Waals surface area contributed by atoms with Crippen molar-refractivity contribution in [1.29, 1.82) is 0 Å². The second-order valence-corrected chi connectivity index (χ2v) is 8.08. The van der Waals surface area contributed by atoms with Crippen LogP contribution in [-0.4, -0.2) is 62.0 Å². The van der Waals surface area contributed by atoms with Crippen LogP contribution in [0.5, 0.6) is 5.75 Å². The normalized spacial score (nSPS) is 21.8. The number of rotatable bonds is 7. The molecule has 1 aliphatic heterocycles. The van der Waals surface area contributed by atoms with E-state index in [-0.39, 0.29) is 18.3 Å². The molecule has 9 heteroatoms. The highest BCUT2D eigenvalue weighted by Gasteiger charge is 2.38. The van der Waals surface area contributed by atoms with E-state index in [2.05, 4.69) is 15.3 Å². The number of benzene rings is 2. The molecular formula is C26H29N3O6. The van der Waals surface area contributed by atoms with Gasteiger partial charge in [-0.15, -0.1) is 0 Å². The zero-order chi connectivity index (χ0) is 24.8. The number of carbonyl (C=O) groups is 1. The smallest absolute Gasteiger partial charge is 0.413 e. The number of nitrogens with one attached hydrogen (secondary N) is 1. The van der Waals surface area contributed by atoms with Crippen LogP contribution in [0.2, 0.25) is 0 Å². The highest BCUT2D eigenvalue weighted by molar-refractivity contribution is 5.85. The Kier molecular flexibility index (Phi) is 7.91. The number of hydrogen-bond donors (Lipinski definition) is 1. The lowest BCUT2D eigenvalue weighted by Crippen LogP contribution is -2.50. The van der Waals surface area contributed by atoms with Crippen LogP contribution in [0.1, 0.15) is 13.3 Å². The fraction of sp³-hybridized carbons (Fsp3) is 0.346. The van der Waals surface area contributed by atoms with E-state index >= 15 is 0 Å². The third-order valence-corrected chi connectivity index (χ3v) is 5.86. The lowest BCUT2D eigenvalue weighted by molar-refractivity contribution is -0.235. The van der Waals surface area contributed by atoms with Crippen molar-refractivity contribution in [1.82, 2.24) is 9.97 Å². The Labute approximate surface area is 204 Å². The van der Waals surface area contributed by atoms with Crippen molar-refractivity contribution in [2.24, 2.45) is 0 Å². The Morgan fingerprint density at radius 3 is 2.34 bits per heavy atom. The highest BCUT2D eigenvalue weighted by Crippen LogP contribution is 2.26. The topological polar surface area (TPSA) is 101 Å². The van der Waals surface area contributed by atoms with Crippen LogP contribution in [0.4, 0.5) is 10.5 Å². The average molecular weight is 480 g/mol. The Hall–Kier alpha value is -3.53. The zero-order valence-corrected chi connectivity index (χ0v) is 20.1. The number of carbonyl (C=O) groups excluding carboxylic acids is 1. The van der Waals surface area contributed by atoms with E-state index in [0.29, 0.717) is 17.9 Å². The van der Waals surface area contributed by atoms with E-state index in [0.717, 1.165) is 22.6 Å². The first-order valence-electron chi connectivity index (χ1n) is 11.3. The number of aromatic nitrogens is 2. The minimum atomic E-state index is -0.724. The summed E-state index contributed by atoms with van der Waals surface area (Å²) in [5, 5.41) is 2.73. The lowest BCUT2D eigenvalue weighted by Gasteiger charge is -2.38. The first-order chi connectivity index (χ1) is 17.0. The van der Waals surface area contributed by atoms with Crippen molar-refractivity contribution < 1.29 is 28.5 Å². The summed E-state index contributed by atoms with van der Waals surface area (Å²) in [5.41, 5.74) is 3.13. The number of amides is 1. The summed E-state index contributed by atoms with van der Waals surface area (Å²) >= 11 is 0. The van der Waals surface area contributed by atoms with Gasteiger partial charge in [-0.05, 0) is 49.4 Å². The van der Waals surface area contributed by atoms with Crippen molar-refractivity contribution in [3.05, 3.63) is 60.8 Å². The van der Waals surface area contributed by atoms with Gasteiger partial charge in [0.25, 0.3) is 0 Å². The van der Waals surface area contributed by atoms with Crippen molar-refractivity contribution in [3.63, 3.8) is 0 Å². The van der Waals surface area contributed by atoms with E-state index < -0.39 is 12.4 Å².